The number of carbonyl (C=O) groups is 1. The molecule has 0 amide bonds. The average Bonchev–Trinajstić information content (AvgIpc) is 3.05. The molecule has 2 saturated carbocycles. The predicted octanol–water partition coefficient (Wildman–Crippen LogP) is 5.14. The van der Waals surface area contributed by atoms with Crippen LogP contribution in [0.1, 0.15) is 95.7 Å². The molecule has 8 heteroatoms. The number of carboxylic acid groups (broad SMARTS) is 1. The summed E-state index contributed by atoms with van der Waals surface area (Å²) >= 11 is 0. The van der Waals surface area contributed by atoms with Crippen LogP contribution in [0.3, 0.4) is 0 Å². The Kier molecular flexibility index (Phi) is 6.79. The van der Waals surface area contributed by atoms with E-state index in [0.717, 1.165) is 43.0 Å². The Hall–Kier alpha value is -2.74. The molecule has 1 N–H and O–H groups in total. The minimum atomic E-state index is -1.32. The molecule has 0 radical (unpaired) electrons. The Bertz CT molecular complexity index is 1290. The fraction of sp³-hybridized carbons (Fsp3) is 0.667. The van der Waals surface area contributed by atoms with Gasteiger partial charge >= 0.3 is 5.97 Å². The summed E-state index contributed by atoms with van der Waals surface area (Å²) in [7, 11) is 1.28. The maximum absolute atomic E-state index is 14.0. The van der Waals surface area contributed by atoms with Crippen LogP contribution in [0.2, 0.25) is 0 Å². The number of piperidine rings is 2. The van der Waals surface area contributed by atoms with Crippen LogP contribution in [0.25, 0.3) is 11.0 Å². The number of nitrogens with zero attached hydrogens (tertiary/aromatic N) is 4. The maximum Gasteiger partial charge on any atom is 0.360 e. The van der Waals surface area contributed by atoms with Crippen LogP contribution in [-0.4, -0.2) is 56.0 Å². The predicted molar refractivity (Wildman–Crippen MR) is 146 cm³/mol. The lowest BCUT2D eigenvalue weighted by atomic mass is 9.68. The number of hydrogen-bond acceptors (Lipinski definition) is 6. The van der Waals surface area contributed by atoms with Crippen molar-refractivity contribution in [3.63, 3.8) is 0 Å². The zero-order valence-corrected chi connectivity index (χ0v) is 22.6. The van der Waals surface area contributed by atoms with Gasteiger partial charge in [0.1, 0.15) is 7.11 Å². The number of para-hydroxylation sites is 2. The van der Waals surface area contributed by atoms with Crippen molar-refractivity contribution in [3.8, 4) is 0 Å². The highest BCUT2D eigenvalue weighted by atomic mass is 16.6. The van der Waals surface area contributed by atoms with E-state index < -0.39 is 17.2 Å². The third kappa shape index (κ3) is 4.44. The molecular formula is C30H40N4O4. The van der Waals surface area contributed by atoms with E-state index in [1.54, 1.807) is 0 Å². The first-order valence-corrected chi connectivity index (χ1v) is 14.5. The normalized spacial score (nSPS) is 34.1. The Morgan fingerprint density at radius 1 is 1.03 bits per heavy atom. The lowest BCUT2D eigenvalue weighted by Crippen LogP contribution is -2.64. The molecule has 2 aliphatic heterocycles. The third-order valence-corrected chi connectivity index (χ3v) is 10.0. The number of carboxylic acids is 1. The molecule has 6 rings (SSSR count). The van der Waals surface area contributed by atoms with Gasteiger partial charge < -0.3 is 14.5 Å². The van der Waals surface area contributed by atoms with Gasteiger partial charge in [0.2, 0.25) is 5.71 Å². The Morgan fingerprint density at radius 3 is 2.45 bits per heavy atom. The van der Waals surface area contributed by atoms with Gasteiger partial charge in [0, 0.05) is 23.7 Å². The lowest BCUT2D eigenvalue weighted by Gasteiger charge is -2.60. The Labute approximate surface area is 224 Å². The van der Waals surface area contributed by atoms with E-state index >= 15 is 0 Å². The van der Waals surface area contributed by atoms with Crippen molar-refractivity contribution >= 4 is 22.7 Å². The van der Waals surface area contributed by atoms with Crippen LogP contribution in [0, 0.1) is 11.8 Å². The molecule has 0 spiro atoms. The van der Waals surface area contributed by atoms with Crippen molar-refractivity contribution in [3.05, 3.63) is 40.3 Å². The highest BCUT2D eigenvalue weighted by Gasteiger charge is 2.51. The Balaban J connectivity index is 1.40. The van der Waals surface area contributed by atoms with Crippen LogP contribution in [-0.2, 0) is 9.63 Å². The molecule has 1 aromatic carbocycles. The molecule has 4 bridgehead atoms. The average molecular weight is 521 g/mol. The van der Waals surface area contributed by atoms with E-state index in [4.69, 9.17) is 4.84 Å². The number of aliphatic carboxylic acids is 1. The fourth-order valence-corrected chi connectivity index (χ4v) is 8.75. The summed E-state index contributed by atoms with van der Waals surface area (Å²) in [5.74, 6) is 0.412. The molecule has 3 heterocycles. The second-order valence-electron chi connectivity index (χ2n) is 12.5. The first-order valence-electron chi connectivity index (χ1n) is 14.5. The van der Waals surface area contributed by atoms with Crippen LogP contribution < -0.4 is 5.56 Å². The summed E-state index contributed by atoms with van der Waals surface area (Å²) in [5.41, 5.74) is 0.369. The smallest absolute Gasteiger partial charge is 0.360 e. The second kappa shape index (κ2) is 10.1. The van der Waals surface area contributed by atoms with Crippen molar-refractivity contribution in [2.75, 3.05) is 7.11 Å². The summed E-state index contributed by atoms with van der Waals surface area (Å²) in [6, 6.07) is 8.60. The maximum atomic E-state index is 14.0. The molecule has 2 saturated heterocycles. The van der Waals surface area contributed by atoms with Gasteiger partial charge in [-0.3, -0.25) is 9.69 Å². The summed E-state index contributed by atoms with van der Waals surface area (Å²) < 4.78 is 1.83. The number of rotatable bonds is 5. The van der Waals surface area contributed by atoms with Gasteiger partial charge in [0.05, 0.1) is 11.0 Å². The number of aromatic nitrogens is 2. The molecule has 2 aromatic rings. The zero-order chi connectivity index (χ0) is 26.4. The van der Waals surface area contributed by atoms with Gasteiger partial charge in [-0.2, -0.15) is 0 Å². The third-order valence-electron chi connectivity index (χ3n) is 10.0. The van der Waals surface area contributed by atoms with Crippen molar-refractivity contribution in [2.24, 2.45) is 17.0 Å². The summed E-state index contributed by atoms with van der Waals surface area (Å²) in [4.78, 5) is 38.1. The van der Waals surface area contributed by atoms with E-state index in [2.05, 4.69) is 22.0 Å². The van der Waals surface area contributed by atoms with E-state index in [1.165, 1.54) is 58.5 Å². The second-order valence-corrected chi connectivity index (χ2v) is 12.5. The topological polar surface area (TPSA) is 97.0 Å². The van der Waals surface area contributed by atoms with Gasteiger partial charge in [0.15, 0.2) is 5.69 Å². The van der Waals surface area contributed by atoms with Crippen molar-refractivity contribution in [2.45, 2.75) is 108 Å². The highest BCUT2D eigenvalue weighted by molar-refractivity contribution is 6.41. The molecule has 3 unspecified atom stereocenters. The van der Waals surface area contributed by atoms with Crippen LogP contribution in [0.15, 0.2) is 34.2 Å². The SMILES string of the molecule is CO/N=C(\C(=O)O)c1nc2ccccc2n(C2C[C@@H]3CCCC(C)(C2)N3C2C[C@H]3CCCC[C@@H](C2)C3)c1=O. The van der Waals surface area contributed by atoms with E-state index in [9.17, 15) is 14.7 Å². The summed E-state index contributed by atoms with van der Waals surface area (Å²) in [6.45, 7) is 2.42. The molecule has 204 valence electrons. The van der Waals surface area contributed by atoms with E-state index in [0.29, 0.717) is 17.6 Å². The van der Waals surface area contributed by atoms with Crippen LogP contribution >= 0.6 is 0 Å². The molecule has 4 fully saturated rings. The van der Waals surface area contributed by atoms with E-state index in [-0.39, 0.29) is 17.3 Å². The van der Waals surface area contributed by atoms with Crippen molar-refractivity contribution in [1.29, 1.82) is 0 Å². The van der Waals surface area contributed by atoms with Crippen LogP contribution in [0.5, 0.6) is 0 Å². The lowest BCUT2D eigenvalue weighted by molar-refractivity contribution is -0.129. The first-order chi connectivity index (χ1) is 18.4. The van der Waals surface area contributed by atoms with Gasteiger partial charge in [-0.05, 0) is 75.8 Å². The molecular weight excluding hydrogens is 480 g/mol. The zero-order valence-electron chi connectivity index (χ0n) is 22.6. The standard InChI is InChI=1S/C30H40N4O4/c1-30-13-7-10-21(34(30)22-15-19-8-3-4-9-20(14-19)16-22)17-23(18-30)33-25-12-6-5-11-24(25)31-26(28(33)35)27(29(36)37)32-38-2/h5-6,11-12,19-23H,3-4,7-10,13-18H2,1-2H3,(H,36,37)/b32-27-/t19-,20+,21-,22?,23?,30?/m0/s1. The van der Waals surface area contributed by atoms with Gasteiger partial charge in [-0.1, -0.05) is 49.4 Å². The largest absolute Gasteiger partial charge is 0.476 e. The van der Waals surface area contributed by atoms with E-state index in [1.807, 2.05) is 28.8 Å². The van der Waals surface area contributed by atoms with Gasteiger partial charge in [-0.25, -0.2) is 9.78 Å². The summed E-state index contributed by atoms with van der Waals surface area (Å²) in [6.07, 6.45) is 14.9. The van der Waals surface area contributed by atoms with Crippen molar-refractivity contribution in [1.82, 2.24) is 14.5 Å². The minimum absolute atomic E-state index is 0.0239. The quantitative estimate of drug-likeness (QED) is 0.433. The van der Waals surface area contributed by atoms with Gasteiger partial charge in [-0.15, -0.1) is 0 Å². The number of benzene rings is 1. The van der Waals surface area contributed by atoms with Gasteiger partial charge in [0.25, 0.3) is 5.56 Å². The monoisotopic (exact) mass is 520 g/mol. The van der Waals surface area contributed by atoms with Crippen LogP contribution in [0.4, 0.5) is 0 Å². The Morgan fingerprint density at radius 2 is 1.76 bits per heavy atom. The minimum Gasteiger partial charge on any atom is -0.476 e. The fourth-order valence-electron chi connectivity index (χ4n) is 8.75. The first kappa shape index (κ1) is 25.5. The number of oxime groups is 1. The highest BCUT2D eigenvalue weighted by Crippen LogP contribution is 2.51. The number of hydrogen-bond donors (Lipinski definition) is 1. The summed E-state index contributed by atoms with van der Waals surface area (Å²) in [5, 5.41) is 13.4. The molecule has 6 atom stereocenters. The molecule has 1 aromatic heterocycles. The molecule has 4 aliphatic rings. The molecule has 38 heavy (non-hydrogen) atoms. The van der Waals surface area contributed by atoms with Crippen molar-refractivity contribution < 1.29 is 14.7 Å². The molecule has 2 aliphatic carbocycles. The number of fused-ring (bicyclic) bond motifs is 5. The molecule has 8 nitrogen and oxygen atoms in total.